The number of nitrogens with zero attached hydrogens (tertiary/aromatic N) is 1. The van der Waals surface area contributed by atoms with E-state index >= 15 is 0 Å². The number of piperidine rings is 1. The van der Waals surface area contributed by atoms with Crippen LogP contribution in [0.1, 0.15) is 19.8 Å². The second kappa shape index (κ2) is 2.80. The number of carbonyl (C=O) groups excluding carboxylic acids is 2. The first kappa shape index (κ1) is 9.18. The molecule has 1 saturated heterocycles. The van der Waals surface area contributed by atoms with Crippen LogP contribution in [0.5, 0.6) is 0 Å². The quantitative estimate of drug-likeness (QED) is 0.639. The Bertz CT molecular complexity index is 305. The Labute approximate surface area is 80.7 Å². The molecule has 1 aliphatic heterocycles. The molecule has 0 aromatic rings. The van der Waals surface area contributed by atoms with E-state index < -0.39 is 12.0 Å². The SMILES string of the molecule is CCC(C(=O)O)N1C(=O)C2CC2C1=O. The lowest BCUT2D eigenvalue weighted by molar-refractivity contribution is -0.156. The zero-order valence-corrected chi connectivity index (χ0v) is 7.77. The number of likely N-dealkylation sites (tertiary alicyclic amines) is 1. The van der Waals surface area contributed by atoms with Crippen molar-refractivity contribution < 1.29 is 19.5 Å². The van der Waals surface area contributed by atoms with Crippen LogP contribution in [0.15, 0.2) is 0 Å². The molecule has 0 aromatic carbocycles. The van der Waals surface area contributed by atoms with E-state index in [9.17, 15) is 14.4 Å². The molecule has 0 radical (unpaired) electrons. The number of rotatable bonds is 3. The van der Waals surface area contributed by atoms with Gasteiger partial charge in [-0.15, -0.1) is 0 Å². The van der Waals surface area contributed by atoms with E-state index in [1.165, 1.54) is 0 Å². The smallest absolute Gasteiger partial charge is 0.326 e. The van der Waals surface area contributed by atoms with E-state index in [2.05, 4.69) is 0 Å². The normalized spacial score (nSPS) is 31.6. The number of amides is 2. The first-order valence-electron chi connectivity index (χ1n) is 4.67. The van der Waals surface area contributed by atoms with Gasteiger partial charge in [0, 0.05) is 0 Å². The molecule has 1 N–H and O–H groups in total. The highest BCUT2D eigenvalue weighted by Gasteiger charge is 2.60. The average Bonchev–Trinajstić information content (AvgIpc) is 2.85. The van der Waals surface area contributed by atoms with Crippen LogP contribution in [0.3, 0.4) is 0 Å². The van der Waals surface area contributed by atoms with E-state index in [0.29, 0.717) is 6.42 Å². The van der Waals surface area contributed by atoms with Crippen molar-refractivity contribution >= 4 is 17.8 Å². The van der Waals surface area contributed by atoms with Gasteiger partial charge in [0.1, 0.15) is 6.04 Å². The number of fused-ring (bicyclic) bond motifs is 1. The Kier molecular flexibility index (Phi) is 1.83. The minimum atomic E-state index is -1.10. The number of carbonyl (C=O) groups is 3. The first-order valence-corrected chi connectivity index (χ1v) is 4.67. The Morgan fingerprint density at radius 3 is 2.36 bits per heavy atom. The summed E-state index contributed by atoms with van der Waals surface area (Å²) in [5, 5.41) is 8.82. The minimum Gasteiger partial charge on any atom is -0.480 e. The van der Waals surface area contributed by atoms with Crippen LogP contribution in [0, 0.1) is 11.8 Å². The summed E-state index contributed by atoms with van der Waals surface area (Å²) in [4.78, 5) is 34.7. The number of hydrogen-bond acceptors (Lipinski definition) is 3. The van der Waals surface area contributed by atoms with Crippen molar-refractivity contribution in [2.24, 2.45) is 11.8 Å². The van der Waals surface area contributed by atoms with Crippen molar-refractivity contribution in [3.63, 3.8) is 0 Å². The van der Waals surface area contributed by atoms with Crippen molar-refractivity contribution in [3.8, 4) is 0 Å². The molecule has 2 aliphatic rings. The van der Waals surface area contributed by atoms with Crippen LogP contribution in [-0.2, 0) is 14.4 Å². The molecule has 1 saturated carbocycles. The maximum atomic E-state index is 11.5. The molecule has 0 bridgehead atoms. The Hall–Kier alpha value is -1.39. The number of aliphatic carboxylic acids is 1. The van der Waals surface area contributed by atoms with Gasteiger partial charge in [0.25, 0.3) is 0 Å². The van der Waals surface area contributed by atoms with Crippen molar-refractivity contribution in [2.75, 3.05) is 0 Å². The summed E-state index contributed by atoms with van der Waals surface area (Å²) >= 11 is 0. The van der Waals surface area contributed by atoms with Crippen molar-refractivity contribution in [2.45, 2.75) is 25.8 Å². The summed E-state index contributed by atoms with van der Waals surface area (Å²) in [5.41, 5.74) is 0. The van der Waals surface area contributed by atoms with Crippen molar-refractivity contribution in [1.82, 2.24) is 4.90 Å². The molecule has 1 heterocycles. The number of carboxylic acids is 1. The van der Waals surface area contributed by atoms with E-state index in [0.717, 1.165) is 4.90 Å². The van der Waals surface area contributed by atoms with Gasteiger partial charge in [-0.3, -0.25) is 14.5 Å². The van der Waals surface area contributed by atoms with E-state index in [1.807, 2.05) is 0 Å². The zero-order chi connectivity index (χ0) is 10.5. The fraction of sp³-hybridized carbons (Fsp3) is 0.667. The number of carboxylic acid groups (broad SMARTS) is 1. The fourth-order valence-electron chi connectivity index (χ4n) is 1.98. The minimum absolute atomic E-state index is 0.212. The Morgan fingerprint density at radius 2 is 2.00 bits per heavy atom. The summed E-state index contributed by atoms with van der Waals surface area (Å²) in [6, 6.07) is -0.970. The fourth-order valence-corrected chi connectivity index (χ4v) is 1.98. The molecule has 0 spiro atoms. The monoisotopic (exact) mass is 197 g/mol. The lowest BCUT2D eigenvalue weighted by Crippen LogP contribution is -2.46. The van der Waals surface area contributed by atoms with Crippen LogP contribution < -0.4 is 0 Å². The zero-order valence-electron chi connectivity index (χ0n) is 7.77. The standard InChI is InChI=1S/C9H11NO4/c1-2-6(9(13)14)10-7(11)4-3-5(4)8(10)12/h4-6H,2-3H2,1H3,(H,13,14). The predicted molar refractivity (Wildman–Crippen MR) is 45.2 cm³/mol. The molecule has 2 amide bonds. The topological polar surface area (TPSA) is 74.7 Å². The van der Waals surface area contributed by atoms with Crippen LogP contribution in [-0.4, -0.2) is 33.8 Å². The predicted octanol–water partition coefficient (Wildman–Crippen LogP) is -0.145. The maximum absolute atomic E-state index is 11.5. The number of hydrogen-bond donors (Lipinski definition) is 1. The Morgan fingerprint density at radius 1 is 1.50 bits per heavy atom. The Balaban J connectivity index is 2.21. The molecule has 2 fully saturated rings. The maximum Gasteiger partial charge on any atom is 0.326 e. The third kappa shape index (κ3) is 1.05. The molecule has 0 aromatic heterocycles. The summed E-state index contributed by atoms with van der Waals surface area (Å²) in [6.07, 6.45) is 0.885. The van der Waals surface area contributed by atoms with Gasteiger partial charge >= 0.3 is 5.97 Å². The van der Waals surface area contributed by atoms with Gasteiger partial charge in [-0.05, 0) is 12.8 Å². The summed E-state index contributed by atoms with van der Waals surface area (Å²) in [6.45, 7) is 1.66. The first-order chi connectivity index (χ1) is 6.57. The molecule has 5 nitrogen and oxygen atoms in total. The second-order valence-corrected chi connectivity index (χ2v) is 3.76. The van der Waals surface area contributed by atoms with E-state index in [1.54, 1.807) is 6.92 Å². The van der Waals surface area contributed by atoms with Crippen LogP contribution in [0.4, 0.5) is 0 Å². The van der Waals surface area contributed by atoms with Crippen LogP contribution >= 0.6 is 0 Å². The highest BCUT2D eigenvalue weighted by molar-refractivity contribution is 6.10. The third-order valence-electron chi connectivity index (χ3n) is 2.88. The molecule has 1 aliphatic carbocycles. The van der Waals surface area contributed by atoms with E-state index in [-0.39, 0.29) is 30.1 Å². The van der Waals surface area contributed by atoms with Crippen LogP contribution in [0.25, 0.3) is 0 Å². The lowest BCUT2D eigenvalue weighted by Gasteiger charge is -2.22. The van der Waals surface area contributed by atoms with Gasteiger partial charge in [0.15, 0.2) is 0 Å². The molecule has 2 rings (SSSR count). The van der Waals surface area contributed by atoms with Gasteiger partial charge in [0.05, 0.1) is 11.8 Å². The third-order valence-corrected chi connectivity index (χ3v) is 2.88. The molecule has 3 unspecified atom stereocenters. The molecule has 14 heavy (non-hydrogen) atoms. The molecular weight excluding hydrogens is 186 g/mol. The van der Waals surface area contributed by atoms with E-state index in [4.69, 9.17) is 5.11 Å². The largest absolute Gasteiger partial charge is 0.480 e. The van der Waals surface area contributed by atoms with Gasteiger partial charge in [-0.2, -0.15) is 0 Å². The summed E-state index contributed by atoms with van der Waals surface area (Å²) in [7, 11) is 0. The van der Waals surface area contributed by atoms with Gasteiger partial charge in [-0.25, -0.2) is 4.79 Å². The second-order valence-electron chi connectivity index (χ2n) is 3.76. The summed E-state index contributed by atoms with van der Waals surface area (Å²) in [5.74, 6) is -2.12. The van der Waals surface area contributed by atoms with Crippen LogP contribution in [0.2, 0.25) is 0 Å². The number of imide groups is 1. The van der Waals surface area contributed by atoms with Crippen molar-refractivity contribution in [3.05, 3.63) is 0 Å². The summed E-state index contributed by atoms with van der Waals surface area (Å²) < 4.78 is 0. The van der Waals surface area contributed by atoms with Gasteiger partial charge in [0.2, 0.25) is 11.8 Å². The van der Waals surface area contributed by atoms with Crippen molar-refractivity contribution in [1.29, 1.82) is 0 Å². The molecule has 5 heteroatoms. The average molecular weight is 197 g/mol. The molecule has 76 valence electrons. The molecule has 3 atom stereocenters. The highest BCUT2D eigenvalue weighted by Crippen LogP contribution is 2.47. The highest BCUT2D eigenvalue weighted by atomic mass is 16.4. The van der Waals surface area contributed by atoms with Gasteiger partial charge in [-0.1, -0.05) is 6.92 Å². The molecular formula is C9H11NO4. The van der Waals surface area contributed by atoms with Gasteiger partial charge < -0.3 is 5.11 Å². The lowest BCUT2D eigenvalue weighted by atomic mass is 10.2.